The van der Waals surface area contributed by atoms with Crippen LogP contribution in [0.15, 0.2) is 0 Å². The summed E-state index contributed by atoms with van der Waals surface area (Å²) in [5, 5.41) is 0. The molecule has 3 unspecified atom stereocenters. The molecule has 0 aromatic rings. The zero-order chi connectivity index (χ0) is 7.84. The summed E-state index contributed by atoms with van der Waals surface area (Å²) in [6.07, 6.45) is 6.43. The molecule has 0 amide bonds. The van der Waals surface area contributed by atoms with E-state index in [2.05, 4.69) is 25.3 Å². The Morgan fingerprint density at radius 3 is 2.92 bits per heavy atom. The average molecular weight is 240 g/mol. The molecule has 1 saturated heterocycles. The van der Waals surface area contributed by atoms with Gasteiger partial charge in [0.25, 0.3) is 0 Å². The summed E-state index contributed by atoms with van der Waals surface area (Å²) in [7, 11) is 2.24. The van der Waals surface area contributed by atoms with Crippen LogP contribution in [-0.4, -0.2) is 24.5 Å². The van der Waals surface area contributed by atoms with Gasteiger partial charge in [0.1, 0.15) is 0 Å². The fourth-order valence-corrected chi connectivity index (χ4v) is 2.57. The first-order chi connectivity index (χ1) is 5.31. The number of fused-ring (bicyclic) bond motifs is 1. The molecule has 0 N–H and O–H groups in total. The van der Waals surface area contributed by atoms with Gasteiger partial charge in [-0.3, -0.25) is 0 Å². The number of rotatable bonds is 1. The van der Waals surface area contributed by atoms with Crippen LogP contribution >= 0.6 is 0 Å². The van der Waals surface area contributed by atoms with E-state index in [1.54, 1.807) is 0 Å². The molecule has 0 aromatic carbocycles. The number of likely N-dealkylation sites (tertiary alicyclic amines) is 1. The normalized spacial score (nSPS) is 41.0. The van der Waals surface area contributed by atoms with Gasteiger partial charge in [-0.1, -0.05) is 12.3 Å². The topological polar surface area (TPSA) is 3.24 Å². The standard InChI is InChI=1S/C10H17N.Y/c1-3-8-6-9-4-5-11(2)10(9)7-8;/h7-10H,1,3-6H2,2H3;/q-2;. The quantitative estimate of drug-likeness (QED) is 0.631. The molecule has 2 aliphatic rings. The van der Waals surface area contributed by atoms with Crippen LogP contribution in [0, 0.1) is 25.2 Å². The van der Waals surface area contributed by atoms with E-state index in [0.717, 1.165) is 24.3 Å². The molecule has 0 spiro atoms. The molecular formula is C10H17NY-2. The summed E-state index contributed by atoms with van der Waals surface area (Å²) in [5.41, 5.74) is 0. The van der Waals surface area contributed by atoms with Crippen molar-refractivity contribution in [1.82, 2.24) is 4.90 Å². The van der Waals surface area contributed by atoms with Crippen LogP contribution < -0.4 is 0 Å². The van der Waals surface area contributed by atoms with Gasteiger partial charge in [0.2, 0.25) is 0 Å². The molecule has 2 rings (SSSR count). The Labute approximate surface area is 101 Å². The molecule has 12 heavy (non-hydrogen) atoms. The van der Waals surface area contributed by atoms with Crippen molar-refractivity contribution in [2.24, 2.45) is 11.8 Å². The third-order valence-corrected chi connectivity index (χ3v) is 3.29. The van der Waals surface area contributed by atoms with Gasteiger partial charge >= 0.3 is 0 Å². The molecule has 67 valence electrons. The SMILES string of the molecule is [CH2-]CC1[CH-]C2C(CCN2C)C1.[Y]. The predicted molar refractivity (Wildman–Crippen MR) is 46.9 cm³/mol. The maximum absolute atomic E-state index is 3.97. The maximum atomic E-state index is 3.97. The van der Waals surface area contributed by atoms with Gasteiger partial charge < -0.3 is 18.2 Å². The minimum atomic E-state index is 0. The van der Waals surface area contributed by atoms with Crippen LogP contribution in [-0.2, 0) is 32.7 Å². The van der Waals surface area contributed by atoms with E-state index in [4.69, 9.17) is 0 Å². The van der Waals surface area contributed by atoms with E-state index < -0.39 is 0 Å². The van der Waals surface area contributed by atoms with Crippen molar-refractivity contribution in [3.63, 3.8) is 0 Å². The molecule has 2 fully saturated rings. The third kappa shape index (κ3) is 1.94. The van der Waals surface area contributed by atoms with Gasteiger partial charge in [-0.05, 0) is 20.0 Å². The van der Waals surface area contributed by atoms with Crippen LogP contribution in [0.2, 0.25) is 0 Å². The Bertz CT molecular complexity index is 149. The summed E-state index contributed by atoms with van der Waals surface area (Å²) in [4.78, 5) is 2.49. The second-order valence-corrected chi connectivity index (χ2v) is 4.00. The smallest absolute Gasteiger partial charge is 0 e. The summed E-state index contributed by atoms with van der Waals surface area (Å²) < 4.78 is 0. The fraction of sp³-hybridized carbons (Fsp3) is 0.800. The number of hydrogen-bond acceptors (Lipinski definition) is 1. The minimum Gasteiger partial charge on any atom is -0.345 e. The van der Waals surface area contributed by atoms with Gasteiger partial charge in [0.05, 0.1) is 0 Å². The Kier molecular flexibility index (Phi) is 4.20. The first kappa shape index (κ1) is 11.1. The molecule has 0 aromatic heterocycles. The molecule has 1 heterocycles. The maximum Gasteiger partial charge on any atom is 0 e. The molecular weight excluding hydrogens is 223 g/mol. The number of hydrogen-bond donors (Lipinski definition) is 0. The van der Waals surface area contributed by atoms with Gasteiger partial charge in [-0.2, -0.15) is 5.92 Å². The summed E-state index contributed by atoms with van der Waals surface area (Å²) >= 11 is 0. The Morgan fingerprint density at radius 2 is 2.33 bits per heavy atom. The van der Waals surface area contributed by atoms with Crippen LogP contribution in [0.1, 0.15) is 19.3 Å². The van der Waals surface area contributed by atoms with E-state index in [9.17, 15) is 0 Å². The summed E-state index contributed by atoms with van der Waals surface area (Å²) in [5.74, 6) is 1.78. The average Bonchev–Trinajstić information content (AvgIpc) is 2.53. The van der Waals surface area contributed by atoms with E-state index in [1.165, 1.54) is 19.4 Å². The van der Waals surface area contributed by atoms with E-state index in [-0.39, 0.29) is 32.7 Å². The van der Waals surface area contributed by atoms with Crippen molar-refractivity contribution in [3.05, 3.63) is 13.3 Å². The third-order valence-electron chi connectivity index (χ3n) is 3.29. The first-order valence-corrected chi connectivity index (χ1v) is 4.65. The molecule has 1 aliphatic carbocycles. The van der Waals surface area contributed by atoms with Crippen molar-refractivity contribution in [1.29, 1.82) is 0 Å². The Hall–Kier alpha value is 1.06. The fourth-order valence-electron chi connectivity index (χ4n) is 2.57. The van der Waals surface area contributed by atoms with E-state index >= 15 is 0 Å². The molecule has 1 aliphatic heterocycles. The van der Waals surface area contributed by atoms with E-state index in [0.29, 0.717) is 0 Å². The monoisotopic (exact) mass is 240 g/mol. The second kappa shape index (κ2) is 4.53. The molecule has 3 atom stereocenters. The minimum absolute atomic E-state index is 0. The van der Waals surface area contributed by atoms with Crippen LogP contribution in [0.5, 0.6) is 0 Å². The predicted octanol–water partition coefficient (Wildman–Crippen LogP) is 1.75. The Balaban J connectivity index is 0.000000720. The van der Waals surface area contributed by atoms with Crippen molar-refractivity contribution >= 4 is 0 Å². The second-order valence-electron chi connectivity index (χ2n) is 4.00. The largest absolute Gasteiger partial charge is 0.345 e. The molecule has 2 heteroatoms. The van der Waals surface area contributed by atoms with E-state index in [1.807, 2.05) is 0 Å². The van der Waals surface area contributed by atoms with Gasteiger partial charge in [0, 0.05) is 32.7 Å². The van der Waals surface area contributed by atoms with Crippen LogP contribution in [0.25, 0.3) is 0 Å². The summed E-state index contributed by atoms with van der Waals surface area (Å²) in [6.45, 7) is 5.27. The van der Waals surface area contributed by atoms with Gasteiger partial charge in [-0.25, -0.2) is 6.42 Å². The van der Waals surface area contributed by atoms with Crippen LogP contribution in [0.3, 0.4) is 0 Å². The zero-order valence-corrected chi connectivity index (χ0v) is 10.7. The van der Waals surface area contributed by atoms with Crippen molar-refractivity contribution in [2.45, 2.75) is 25.3 Å². The van der Waals surface area contributed by atoms with Gasteiger partial charge in [0.15, 0.2) is 0 Å². The molecule has 1 saturated carbocycles. The van der Waals surface area contributed by atoms with Crippen molar-refractivity contribution < 1.29 is 32.7 Å². The molecule has 1 radical (unpaired) electrons. The van der Waals surface area contributed by atoms with Crippen LogP contribution in [0.4, 0.5) is 0 Å². The zero-order valence-electron chi connectivity index (χ0n) is 7.87. The first-order valence-electron chi connectivity index (χ1n) is 4.65. The Morgan fingerprint density at radius 1 is 1.58 bits per heavy atom. The summed E-state index contributed by atoms with van der Waals surface area (Å²) in [6, 6.07) is 0.793. The molecule has 0 bridgehead atoms. The van der Waals surface area contributed by atoms with Gasteiger partial charge in [-0.15, -0.1) is 6.04 Å². The van der Waals surface area contributed by atoms with Crippen molar-refractivity contribution in [2.75, 3.05) is 13.6 Å². The van der Waals surface area contributed by atoms with Crippen molar-refractivity contribution in [3.8, 4) is 0 Å². The number of nitrogens with zero attached hydrogens (tertiary/aromatic N) is 1. The molecule has 1 nitrogen and oxygen atoms in total.